The van der Waals surface area contributed by atoms with Gasteiger partial charge in [0.25, 0.3) is 0 Å². The largest absolute Gasteiger partial charge is 0.478 e. The van der Waals surface area contributed by atoms with E-state index in [0.29, 0.717) is 0 Å². The second-order valence-electron chi connectivity index (χ2n) is 4.18. The van der Waals surface area contributed by atoms with Crippen LogP contribution in [-0.2, 0) is 14.4 Å². The van der Waals surface area contributed by atoms with Crippen LogP contribution in [0.3, 0.4) is 0 Å². The maximum absolute atomic E-state index is 10.9. The highest BCUT2D eigenvalue weighted by Crippen LogP contribution is 2.06. The van der Waals surface area contributed by atoms with Gasteiger partial charge in [-0.2, -0.15) is 0 Å². The summed E-state index contributed by atoms with van der Waals surface area (Å²) in [5.74, 6) is -3.19. The Labute approximate surface area is 120 Å². The van der Waals surface area contributed by atoms with Crippen molar-refractivity contribution in [1.82, 2.24) is 0 Å². The predicted octanol–water partition coefficient (Wildman–Crippen LogP) is -2.77. The molecule has 0 saturated heterocycles. The molecule has 0 aromatic heterocycles. The number of aliphatic hydroxyl groups is 5. The fourth-order valence-corrected chi connectivity index (χ4v) is 0.886. The van der Waals surface area contributed by atoms with E-state index in [1.165, 1.54) is 6.92 Å². The first-order valence-electron chi connectivity index (χ1n) is 5.74. The summed E-state index contributed by atoms with van der Waals surface area (Å²) in [6, 6.07) is 0. The molecule has 0 aromatic rings. The number of carboxylic acid groups (broad SMARTS) is 1. The minimum atomic E-state index is -2.11. The van der Waals surface area contributed by atoms with Crippen LogP contribution in [0.5, 0.6) is 0 Å². The zero-order valence-corrected chi connectivity index (χ0v) is 11.6. The third kappa shape index (κ3) is 8.27. The van der Waals surface area contributed by atoms with E-state index in [9.17, 15) is 14.4 Å². The number of hydrogen-bond acceptors (Lipinski definition) is 8. The van der Waals surface area contributed by atoms with Gasteiger partial charge in [-0.3, -0.25) is 9.59 Å². The molecular weight excluding hydrogens is 288 g/mol. The van der Waals surface area contributed by atoms with Gasteiger partial charge in [-0.15, -0.1) is 0 Å². The fourth-order valence-electron chi connectivity index (χ4n) is 0.886. The molecule has 21 heavy (non-hydrogen) atoms. The smallest absolute Gasteiger partial charge is 0.330 e. The highest BCUT2D eigenvalue weighted by atomic mass is 16.4. The SMILES string of the molecule is C=C(C)C(=O)O.CC(=O)C(=O)C(O)C(O)C(O)C(O)CO. The van der Waals surface area contributed by atoms with Crippen molar-refractivity contribution < 1.29 is 45.0 Å². The van der Waals surface area contributed by atoms with Crippen molar-refractivity contribution in [3.8, 4) is 0 Å². The van der Waals surface area contributed by atoms with Gasteiger partial charge in [-0.05, 0) is 6.92 Å². The van der Waals surface area contributed by atoms with Gasteiger partial charge >= 0.3 is 5.97 Å². The molecule has 6 N–H and O–H groups in total. The predicted molar refractivity (Wildman–Crippen MR) is 69.3 cm³/mol. The number of aliphatic hydroxyl groups excluding tert-OH is 5. The van der Waals surface area contributed by atoms with Crippen molar-refractivity contribution in [2.45, 2.75) is 38.3 Å². The van der Waals surface area contributed by atoms with E-state index in [-0.39, 0.29) is 5.57 Å². The fraction of sp³-hybridized carbons (Fsp3) is 0.583. The third-order valence-corrected chi connectivity index (χ3v) is 2.24. The summed E-state index contributed by atoms with van der Waals surface area (Å²) in [5, 5.41) is 52.6. The van der Waals surface area contributed by atoms with E-state index >= 15 is 0 Å². The van der Waals surface area contributed by atoms with Crippen LogP contribution in [0.25, 0.3) is 0 Å². The van der Waals surface area contributed by atoms with E-state index < -0.39 is 48.6 Å². The molecule has 0 aliphatic heterocycles. The Bertz CT molecular complexity index is 378. The van der Waals surface area contributed by atoms with Gasteiger partial charge in [-0.25, -0.2) is 4.79 Å². The molecule has 0 spiro atoms. The number of ketones is 2. The molecule has 0 bridgehead atoms. The highest BCUT2D eigenvalue weighted by molar-refractivity contribution is 6.38. The zero-order valence-electron chi connectivity index (χ0n) is 11.6. The second kappa shape index (κ2) is 10.1. The molecule has 0 aromatic carbocycles. The topological polar surface area (TPSA) is 173 Å². The molecule has 9 heteroatoms. The molecule has 0 amide bonds. The molecule has 0 rings (SSSR count). The molecule has 0 aliphatic carbocycles. The maximum Gasteiger partial charge on any atom is 0.330 e. The maximum atomic E-state index is 10.9. The lowest BCUT2D eigenvalue weighted by Crippen LogP contribution is -2.49. The van der Waals surface area contributed by atoms with Gasteiger partial charge < -0.3 is 30.6 Å². The minimum absolute atomic E-state index is 0.176. The van der Waals surface area contributed by atoms with E-state index in [2.05, 4.69) is 6.58 Å². The molecule has 0 radical (unpaired) electrons. The third-order valence-electron chi connectivity index (χ3n) is 2.24. The standard InChI is InChI=1S/C8H14O7.C4H6O2/c1-3(10)5(12)7(14)8(15)6(13)4(11)2-9;1-3(2)4(5)6/h4,6-9,11,13-15H,2H2,1H3;1H2,2H3,(H,5,6). The molecule has 0 heterocycles. The first-order valence-corrected chi connectivity index (χ1v) is 5.74. The lowest BCUT2D eigenvalue weighted by Gasteiger charge is -2.24. The van der Waals surface area contributed by atoms with Gasteiger partial charge in [0, 0.05) is 12.5 Å². The summed E-state index contributed by atoms with van der Waals surface area (Å²) in [6.07, 6.45) is -7.75. The summed E-state index contributed by atoms with van der Waals surface area (Å²) in [5.41, 5.74) is 0.176. The summed E-state index contributed by atoms with van der Waals surface area (Å²) in [4.78, 5) is 31.0. The minimum Gasteiger partial charge on any atom is -0.478 e. The van der Waals surface area contributed by atoms with Gasteiger partial charge in [0.15, 0.2) is 5.78 Å². The summed E-state index contributed by atoms with van der Waals surface area (Å²) in [6.45, 7) is 4.65. The first-order chi connectivity index (χ1) is 9.47. The molecular formula is C12H20O9. The van der Waals surface area contributed by atoms with Crippen LogP contribution in [-0.4, -0.2) is 79.2 Å². The molecule has 0 fully saturated rings. The molecule has 4 atom stereocenters. The molecule has 0 aliphatic rings. The number of hydrogen-bond donors (Lipinski definition) is 6. The lowest BCUT2D eigenvalue weighted by atomic mass is 9.99. The lowest BCUT2D eigenvalue weighted by molar-refractivity contribution is -0.153. The monoisotopic (exact) mass is 308 g/mol. The number of rotatable bonds is 7. The van der Waals surface area contributed by atoms with E-state index in [0.717, 1.165) is 6.92 Å². The number of carbonyl (C=O) groups is 3. The molecule has 0 saturated carbocycles. The van der Waals surface area contributed by atoms with Gasteiger partial charge in [0.05, 0.1) is 6.61 Å². The van der Waals surface area contributed by atoms with Crippen LogP contribution in [0.2, 0.25) is 0 Å². The van der Waals surface area contributed by atoms with E-state index in [1.54, 1.807) is 0 Å². The van der Waals surface area contributed by atoms with Crippen LogP contribution >= 0.6 is 0 Å². The Morgan fingerprint density at radius 2 is 1.38 bits per heavy atom. The normalized spacial score (nSPS) is 15.8. The Kier molecular flexibility index (Phi) is 10.4. The Morgan fingerprint density at radius 3 is 1.62 bits per heavy atom. The highest BCUT2D eigenvalue weighted by Gasteiger charge is 2.35. The first kappa shape index (κ1) is 21.6. The van der Waals surface area contributed by atoms with Crippen LogP contribution in [0.4, 0.5) is 0 Å². The van der Waals surface area contributed by atoms with Crippen LogP contribution in [0.1, 0.15) is 13.8 Å². The van der Waals surface area contributed by atoms with E-state index in [1.807, 2.05) is 0 Å². The molecule has 4 unspecified atom stereocenters. The number of aliphatic carboxylic acids is 1. The number of carboxylic acids is 1. The molecule has 9 nitrogen and oxygen atoms in total. The van der Waals surface area contributed by atoms with Crippen LogP contribution in [0.15, 0.2) is 12.2 Å². The zero-order chi connectivity index (χ0) is 17.3. The van der Waals surface area contributed by atoms with Crippen molar-refractivity contribution in [2.75, 3.05) is 6.61 Å². The average Bonchev–Trinajstić information content (AvgIpc) is 2.43. The molecule has 122 valence electrons. The van der Waals surface area contributed by atoms with E-state index in [4.69, 9.17) is 30.6 Å². The van der Waals surface area contributed by atoms with Crippen molar-refractivity contribution in [3.63, 3.8) is 0 Å². The number of Topliss-reactive ketones (excluding diaryl/α,β-unsaturated/α-hetero) is 2. The summed E-state index contributed by atoms with van der Waals surface area (Å²) >= 11 is 0. The Hall–Kier alpha value is -1.65. The Balaban J connectivity index is 0. The van der Waals surface area contributed by atoms with Crippen molar-refractivity contribution in [2.24, 2.45) is 0 Å². The Morgan fingerprint density at radius 1 is 1.00 bits per heavy atom. The van der Waals surface area contributed by atoms with Crippen molar-refractivity contribution in [1.29, 1.82) is 0 Å². The van der Waals surface area contributed by atoms with Crippen LogP contribution in [0, 0.1) is 0 Å². The average molecular weight is 308 g/mol. The van der Waals surface area contributed by atoms with Crippen molar-refractivity contribution in [3.05, 3.63) is 12.2 Å². The number of carbonyl (C=O) groups excluding carboxylic acids is 2. The van der Waals surface area contributed by atoms with Crippen molar-refractivity contribution >= 4 is 17.5 Å². The summed E-state index contributed by atoms with van der Waals surface area (Å²) < 4.78 is 0. The van der Waals surface area contributed by atoms with Crippen LogP contribution < -0.4 is 0 Å². The van der Waals surface area contributed by atoms with Gasteiger partial charge in [0.2, 0.25) is 5.78 Å². The second-order valence-corrected chi connectivity index (χ2v) is 4.18. The van der Waals surface area contributed by atoms with Gasteiger partial charge in [0.1, 0.15) is 24.4 Å². The summed E-state index contributed by atoms with van der Waals surface area (Å²) in [7, 11) is 0. The van der Waals surface area contributed by atoms with Gasteiger partial charge in [-0.1, -0.05) is 6.58 Å². The quantitative estimate of drug-likeness (QED) is 0.215.